The molecule has 3 aliphatic rings. The van der Waals surface area contributed by atoms with Gasteiger partial charge >= 0.3 is 5.97 Å². The number of rotatable bonds is 9. The number of likely N-dealkylation sites (N-methyl/N-ethyl adjacent to an activating group) is 1. The summed E-state index contributed by atoms with van der Waals surface area (Å²) in [4.78, 5) is 29.3. The molecule has 1 aromatic heterocycles. The molecule has 0 bridgehead atoms. The number of hydrogen-bond acceptors (Lipinski definition) is 9. The molecule has 9 heteroatoms. The molecule has 8 rings (SSSR count). The van der Waals surface area contributed by atoms with E-state index in [9.17, 15) is 4.79 Å². The quantitative estimate of drug-likeness (QED) is 0.124. The topological polar surface area (TPSA) is 85.9 Å². The molecule has 0 radical (unpaired) electrons. The molecule has 270 valence electrons. The summed E-state index contributed by atoms with van der Waals surface area (Å²) in [7, 11) is 2.17. The van der Waals surface area contributed by atoms with Crippen LogP contribution in [0.1, 0.15) is 48.7 Å². The molecule has 2 aliphatic heterocycles. The van der Waals surface area contributed by atoms with Crippen molar-refractivity contribution in [1.82, 2.24) is 25.3 Å². The number of aromatic nitrogens is 2. The molecule has 5 aromatic rings. The van der Waals surface area contributed by atoms with Crippen LogP contribution in [0, 0.1) is 5.41 Å². The molecule has 1 fully saturated rings. The molecule has 1 aliphatic carbocycles. The minimum Gasteiger partial charge on any atom is -0.465 e. The maximum absolute atomic E-state index is 14.5. The van der Waals surface area contributed by atoms with Gasteiger partial charge < -0.3 is 25.3 Å². The van der Waals surface area contributed by atoms with E-state index >= 15 is 0 Å². The molecule has 0 saturated carbocycles. The third kappa shape index (κ3) is 6.23. The summed E-state index contributed by atoms with van der Waals surface area (Å²) in [6, 6.07) is 39.0. The lowest BCUT2D eigenvalue weighted by Crippen LogP contribution is -2.58. The SMILES string of the molecule is CCOC(=O)C1C2=C(NN1C(c1ccccc1)(c1ccccc1)c1ccccc1)c1nc(Nc3ccc(N4CCN(C)CC4)cc3)ncc1CC2(C)C. The third-order valence-corrected chi connectivity index (χ3v) is 10.9. The van der Waals surface area contributed by atoms with Gasteiger partial charge in [0.25, 0.3) is 0 Å². The highest BCUT2D eigenvalue weighted by molar-refractivity contribution is 5.88. The van der Waals surface area contributed by atoms with Crippen molar-refractivity contribution in [1.29, 1.82) is 0 Å². The first-order valence-electron chi connectivity index (χ1n) is 18.6. The van der Waals surface area contributed by atoms with Crippen molar-refractivity contribution in [3.8, 4) is 0 Å². The van der Waals surface area contributed by atoms with Gasteiger partial charge in [-0.25, -0.2) is 14.8 Å². The van der Waals surface area contributed by atoms with Crippen LogP contribution in [0.3, 0.4) is 0 Å². The maximum atomic E-state index is 14.5. The van der Waals surface area contributed by atoms with Crippen LogP contribution in [0.25, 0.3) is 5.70 Å². The summed E-state index contributed by atoms with van der Waals surface area (Å²) >= 11 is 0. The molecular formula is C44H47N7O2. The van der Waals surface area contributed by atoms with Gasteiger partial charge in [0.1, 0.15) is 5.54 Å². The van der Waals surface area contributed by atoms with E-state index in [2.05, 4.69) is 144 Å². The predicted molar refractivity (Wildman–Crippen MR) is 210 cm³/mol. The summed E-state index contributed by atoms with van der Waals surface area (Å²) < 4.78 is 5.94. The molecule has 0 spiro atoms. The van der Waals surface area contributed by atoms with Crippen molar-refractivity contribution in [3.63, 3.8) is 0 Å². The minimum atomic E-state index is -0.936. The average Bonchev–Trinajstić information content (AvgIpc) is 3.60. The second-order valence-corrected chi connectivity index (χ2v) is 14.8. The summed E-state index contributed by atoms with van der Waals surface area (Å²) in [5.41, 5.74) is 11.2. The van der Waals surface area contributed by atoms with Gasteiger partial charge in [0.2, 0.25) is 5.95 Å². The second kappa shape index (κ2) is 14.1. The average molecular weight is 706 g/mol. The first-order valence-corrected chi connectivity index (χ1v) is 18.6. The zero-order chi connectivity index (χ0) is 36.6. The van der Waals surface area contributed by atoms with Crippen molar-refractivity contribution >= 4 is 29.0 Å². The molecule has 3 heterocycles. The van der Waals surface area contributed by atoms with Crippen LogP contribution >= 0.6 is 0 Å². The van der Waals surface area contributed by atoms with Crippen LogP contribution < -0.4 is 15.6 Å². The van der Waals surface area contributed by atoms with Gasteiger partial charge in [-0.3, -0.25) is 0 Å². The zero-order valence-corrected chi connectivity index (χ0v) is 30.9. The molecule has 9 nitrogen and oxygen atoms in total. The van der Waals surface area contributed by atoms with E-state index in [1.165, 1.54) is 5.69 Å². The number of carbonyl (C=O) groups excluding carboxylic acids is 1. The summed E-state index contributed by atoms with van der Waals surface area (Å²) in [6.07, 6.45) is 2.60. The minimum absolute atomic E-state index is 0.266. The van der Waals surface area contributed by atoms with Gasteiger partial charge in [-0.2, -0.15) is 5.01 Å². The Morgan fingerprint density at radius 2 is 1.42 bits per heavy atom. The first kappa shape index (κ1) is 34.6. The van der Waals surface area contributed by atoms with E-state index in [1.807, 2.05) is 31.3 Å². The molecule has 1 atom stereocenters. The first-order chi connectivity index (χ1) is 25.8. The Labute approximate surface area is 312 Å². The van der Waals surface area contributed by atoms with Gasteiger partial charge in [-0.15, -0.1) is 0 Å². The number of hydrazine groups is 1. The largest absolute Gasteiger partial charge is 0.465 e. The van der Waals surface area contributed by atoms with Gasteiger partial charge in [0.05, 0.1) is 18.0 Å². The monoisotopic (exact) mass is 705 g/mol. The fraction of sp³-hybridized carbons (Fsp3) is 0.295. The smallest absolute Gasteiger partial charge is 0.329 e. The molecular weight excluding hydrogens is 659 g/mol. The van der Waals surface area contributed by atoms with Crippen LogP contribution in [-0.2, 0) is 21.5 Å². The molecule has 0 amide bonds. The van der Waals surface area contributed by atoms with Crippen LogP contribution in [0.5, 0.6) is 0 Å². The molecule has 4 aromatic carbocycles. The number of fused-ring (bicyclic) bond motifs is 2. The fourth-order valence-electron chi connectivity index (χ4n) is 8.41. The van der Waals surface area contributed by atoms with Crippen molar-refractivity contribution in [2.24, 2.45) is 5.41 Å². The second-order valence-electron chi connectivity index (χ2n) is 14.8. The fourth-order valence-corrected chi connectivity index (χ4v) is 8.41. The van der Waals surface area contributed by atoms with E-state index in [0.717, 1.165) is 71.1 Å². The Hall–Kier alpha value is -5.51. The van der Waals surface area contributed by atoms with E-state index < -0.39 is 17.0 Å². The lowest BCUT2D eigenvalue weighted by Gasteiger charge is -2.46. The Morgan fingerprint density at radius 3 is 1.96 bits per heavy atom. The number of ether oxygens (including phenoxy) is 1. The number of hydrogen-bond donors (Lipinski definition) is 2. The normalized spacial score (nSPS) is 18.6. The number of nitrogens with one attached hydrogen (secondary N) is 2. The van der Waals surface area contributed by atoms with Gasteiger partial charge in [0, 0.05) is 43.8 Å². The Morgan fingerprint density at radius 1 is 0.849 bits per heavy atom. The highest BCUT2D eigenvalue weighted by Gasteiger charge is 2.57. The van der Waals surface area contributed by atoms with Crippen molar-refractivity contribution in [2.45, 2.75) is 38.8 Å². The number of piperazine rings is 1. The van der Waals surface area contributed by atoms with E-state index in [-0.39, 0.29) is 12.6 Å². The highest BCUT2D eigenvalue weighted by Crippen LogP contribution is 2.53. The Bertz CT molecular complexity index is 2000. The van der Waals surface area contributed by atoms with Crippen LogP contribution in [0.4, 0.5) is 17.3 Å². The third-order valence-electron chi connectivity index (χ3n) is 10.9. The number of carbonyl (C=O) groups is 1. The van der Waals surface area contributed by atoms with E-state index in [0.29, 0.717) is 12.4 Å². The van der Waals surface area contributed by atoms with Crippen LogP contribution in [0.15, 0.2) is 127 Å². The number of esters is 1. The van der Waals surface area contributed by atoms with Gasteiger partial charge in [-0.1, -0.05) is 105 Å². The predicted octanol–water partition coefficient (Wildman–Crippen LogP) is 7.01. The maximum Gasteiger partial charge on any atom is 0.329 e. The Balaban J connectivity index is 1.24. The van der Waals surface area contributed by atoms with E-state index in [1.54, 1.807) is 0 Å². The van der Waals surface area contributed by atoms with E-state index in [4.69, 9.17) is 14.7 Å². The van der Waals surface area contributed by atoms with Crippen LogP contribution in [0.2, 0.25) is 0 Å². The number of nitrogens with zero attached hydrogens (tertiary/aromatic N) is 5. The standard InChI is InChI=1S/C44H47N7O2/c1-5-53-41(52)40-37-39(48-51(40)44(32-15-9-6-10-16-32,33-17-11-7-12-18-33)34-19-13-8-14-20-34)38-31(29-43(37,2)3)30-45-42(47-38)46-35-21-23-36(24-22-35)50-27-25-49(4)26-28-50/h6-24,30,40,48H,5,25-29H2,1-4H3,(H,45,46,47). The number of anilines is 3. The lowest BCUT2D eigenvalue weighted by molar-refractivity contribution is -0.150. The van der Waals surface area contributed by atoms with Gasteiger partial charge in [-0.05, 0) is 77.9 Å². The van der Waals surface area contributed by atoms with Crippen molar-refractivity contribution < 1.29 is 9.53 Å². The van der Waals surface area contributed by atoms with Crippen LogP contribution in [-0.4, -0.2) is 71.7 Å². The Kier molecular flexibility index (Phi) is 9.22. The molecule has 1 saturated heterocycles. The highest BCUT2D eigenvalue weighted by atomic mass is 16.5. The summed E-state index contributed by atoms with van der Waals surface area (Å²) in [5.74, 6) is 0.192. The lowest BCUT2D eigenvalue weighted by atomic mass is 9.70. The summed E-state index contributed by atoms with van der Waals surface area (Å²) in [5, 5.41) is 5.58. The molecule has 53 heavy (non-hydrogen) atoms. The molecule has 1 unspecified atom stereocenters. The number of benzene rings is 4. The molecule has 2 N–H and O–H groups in total. The summed E-state index contributed by atoms with van der Waals surface area (Å²) in [6.45, 7) is 10.7. The zero-order valence-electron chi connectivity index (χ0n) is 30.9. The van der Waals surface area contributed by atoms with Crippen molar-refractivity contribution in [2.75, 3.05) is 50.1 Å². The van der Waals surface area contributed by atoms with Gasteiger partial charge in [0.15, 0.2) is 6.04 Å². The van der Waals surface area contributed by atoms with Crippen molar-refractivity contribution in [3.05, 3.63) is 155 Å².